The van der Waals surface area contributed by atoms with Crippen LogP contribution in [0, 0.1) is 13.8 Å². The summed E-state index contributed by atoms with van der Waals surface area (Å²) in [6.45, 7) is 3.73. The molecule has 126 valence electrons. The fraction of sp³-hybridized carbons (Fsp3) is 0.158. The number of allylic oxidation sites excluding steroid dienone is 1. The molecule has 0 saturated carbocycles. The third-order valence-electron chi connectivity index (χ3n) is 4.78. The van der Waals surface area contributed by atoms with Gasteiger partial charge in [0.05, 0.1) is 16.9 Å². The Morgan fingerprint density at radius 1 is 1.32 bits per heavy atom. The van der Waals surface area contributed by atoms with Crippen LogP contribution in [0.2, 0.25) is 0 Å². The SMILES string of the molecule is Cc1ccc(O)c(C)c1-n1c(N)c(C(N)=O)c2cc3c(nc21)C=CC3. The van der Waals surface area contributed by atoms with E-state index in [1.807, 2.05) is 25.1 Å². The Labute approximate surface area is 144 Å². The van der Waals surface area contributed by atoms with E-state index >= 15 is 0 Å². The summed E-state index contributed by atoms with van der Waals surface area (Å²) >= 11 is 0. The van der Waals surface area contributed by atoms with Crippen molar-refractivity contribution in [2.24, 2.45) is 5.73 Å². The van der Waals surface area contributed by atoms with Crippen molar-refractivity contribution in [1.29, 1.82) is 0 Å². The zero-order chi connectivity index (χ0) is 17.9. The summed E-state index contributed by atoms with van der Waals surface area (Å²) in [6.07, 6.45) is 4.75. The van der Waals surface area contributed by atoms with Gasteiger partial charge in [-0.1, -0.05) is 12.1 Å². The minimum Gasteiger partial charge on any atom is -0.508 e. The van der Waals surface area contributed by atoms with Gasteiger partial charge in [-0.05, 0) is 49.6 Å². The van der Waals surface area contributed by atoms with Crippen molar-refractivity contribution in [2.75, 3.05) is 5.73 Å². The molecule has 0 radical (unpaired) electrons. The van der Waals surface area contributed by atoms with Gasteiger partial charge in [0.15, 0.2) is 0 Å². The molecule has 25 heavy (non-hydrogen) atoms. The lowest BCUT2D eigenvalue weighted by Crippen LogP contribution is -2.14. The van der Waals surface area contributed by atoms with Gasteiger partial charge >= 0.3 is 0 Å². The first-order valence-electron chi connectivity index (χ1n) is 7.99. The van der Waals surface area contributed by atoms with E-state index in [4.69, 9.17) is 16.5 Å². The lowest BCUT2D eigenvalue weighted by Gasteiger charge is -2.15. The van der Waals surface area contributed by atoms with Crippen LogP contribution in [0.3, 0.4) is 0 Å². The van der Waals surface area contributed by atoms with Crippen LogP contribution in [0.4, 0.5) is 5.82 Å². The zero-order valence-corrected chi connectivity index (χ0v) is 14.0. The first kappa shape index (κ1) is 15.3. The average Bonchev–Trinajstić information content (AvgIpc) is 3.11. The van der Waals surface area contributed by atoms with Crippen LogP contribution in [-0.2, 0) is 6.42 Å². The third kappa shape index (κ3) is 2.04. The van der Waals surface area contributed by atoms with Crippen molar-refractivity contribution in [3.05, 3.63) is 52.2 Å². The van der Waals surface area contributed by atoms with Crippen LogP contribution < -0.4 is 11.5 Å². The van der Waals surface area contributed by atoms with Crippen molar-refractivity contribution in [3.63, 3.8) is 0 Å². The number of anilines is 1. The van der Waals surface area contributed by atoms with Crippen LogP contribution in [0.1, 0.15) is 32.7 Å². The highest BCUT2D eigenvalue weighted by Crippen LogP contribution is 2.37. The number of carbonyl (C=O) groups excluding carboxylic acids is 1. The fourth-order valence-electron chi connectivity index (χ4n) is 3.54. The number of hydrogen-bond donors (Lipinski definition) is 3. The molecular weight excluding hydrogens is 316 g/mol. The molecule has 2 aromatic heterocycles. The van der Waals surface area contributed by atoms with Gasteiger partial charge in [-0.3, -0.25) is 9.36 Å². The first-order chi connectivity index (χ1) is 11.9. The number of amides is 1. The smallest absolute Gasteiger partial charge is 0.253 e. The van der Waals surface area contributed by atoms with E-state index in [1.54, 1.807) is 23.6 Å². The Balaban J connectivity index is 2.18. The Morgan fingerprint density at radius 2 is 2.08 bits per heavy atom. The molecule has 1 amide bonds. The summed E-state index contributed by atoms with van der Waals surface area (Å²) < 4.78 is 1.71. The molecule has 4 rings (SSSR count). The zero-order valence-electron chi connectivity index (χ0n) is 14.0. The second-order valence-corrected chi connectivity index (χ2v) is 6.35. The summed E-state index contributed by atoms with van der Waals surface area (Å²) in [6, 6.07) is 5.37. The predicted octanol–water partition coefficient (Wildman–Crippen LogP) is 2.60. The number of rotatable bonds is 2. The van der Waals surface area contributed by atoms with Crippen LogP contribution in [0.15, 0.2) is 24.3 Å². The van der Waals surface area contributed by atoms with Gasteiger partial charge in [-0.25, -0.2) is 4.98 Å². The van der Waals surface area contributed by atoms with Gasteiger partial charge in [-0.2, -0.15) is 0 Å². The normalized spacial score (nSPS) is 12.7. The van der Waals surface area contributed by atoms with Gasteiger partial charge in [0, 0.05) is 10.9 Å². The van der Waals surface area contributed by atoms with Crippen LogP contribution in [-0.4, -0.2) is 20.6 Å². The highest BCUT2D eigenvalue weighted by molar-refractivity contribution is 6.11. The molecule has 0 bridgehead atoms. The lowest BCUT2D eigenvalue weighted by molar-refractivity contribution is 0.100. The quantitative estimate of drug-likeness (QED) is 0.669. The van der Waals surface area contributed by atoms with E-state index in [-0.39, 0.29) is 17.1 Å². The van der Waals surface area contributed by atoms with Gasteiger partial charge in [0.1, 0.15) is 17.2 Å². The first-order valence-corrected chi connectivity index (χ1v) is 7.99. The number of nitrogens with zero attached hydrogens (tertiary/aromatic N) is 2. The fourth-order valence-corrected chi connectivity index (χ4v) is 3.54. The number of primary amides is 1. The largest absolute Gasteiger partial charge is 0.508 e. The van der Waals surface area contributed by atoms with Crippen molar-refractivity contribution in [2.45, 2.75) is 20.3 Å². The van der Waals surface area contributed by atoms with Crippen molar-refractivity contribution < 1.29 is 9.90 Å². The maximum atomic E-state index is 12.1. The van der Waals surface area contributed by atoms with Gasteiger partial charge in [0.2, 0.25) is 0 Å². The number of benzene rings is 1. The Kier molecular flexibility index (Phi) is 3.12. The molecule has 6 heteroatoms. The molecule has 0 fully saturated rings. The summed E-state index contributed by atoms with van der Waals surface area (Å²) in [5, 5.41) is 10.8. The molecule has 1 aliphatic carbocycles. The van der Waals surface area contributed by atoms with Gasteiger partial charge < -0.3 is 16.6 Å². The summed E-state index contributed by atoms with van der Waals surface area (Å²) in [4.78, 5) is 16.8. The molecule has 1 aliphatic rings. The summed E-state index contributed by atoms with van der Waals surface area (Å²) in [5.41, 5.74) is 16.9. The summed E-state index contributed by atoms with van der Waals surface area (Å²) in [7, 11) is 0. The number of aryl methyl sites for hydroxylation is 1. The Morgan fingerprint density at radius 3 is 2.80 bits per heavy atom. The number of phenols is 1. The molecule has 5 N–H and O–H groups in total. The van der Waals surface area contributed by atoms with E-state index < -0.39 is 5.91 Å². The highest BCUT2D eigenvalue weighted by atomic mass is 16.3. The monoisotopic (exact) mass is 334 g/mol. The van der Waals surface area contributed by atoms with Gasteiger partial charge in [0.25, 0.3) is 5.91 Å². The van der Waals surface area contributed by atoms with Gasteiger partial charge in [-0.15, -0.1) is 0 Å². The Bertz CT molecular complexity index is 1090. The number of carbonyl (C=O) groups is 1. The topological polar surface area (TPSA) is 107 Å². The van der Waals surface area contributed by atoms with Crippen molar-refractivity contribution in [3.8, 4) is 11.4 Å². The highest BCUT2D eigenvalue weighted by Gasteiger charge is 2.25. The number of nitrogens with two attached hydrogens (primary N) is 2. The van der Waals surface area contributed by atoms with E-state index in [1.165, 1.54) is 0 Å². The van der Waals surface area contributed by atoms with E-state index in [0.29, 0.717) is 22.3 Å². The second-order valence-electron chi connectivity index (χ2n) is 6.35. The average molecular weight is 334 g/mol. The third-order valence-corrected chi connectivity index (χ3v) is 4.78. The summed E-state index contributed by atoms with van der Waals surface area (Å²) in [5.74, 6) is -0.201. The van der Waals surface area contributed by atoms with E-state index in [0.717, 1.165) is 23.2 Å². The number of phenolic OH excluding ortho intramolecular Hbond substituents is 1. The minimum absolute atomic E-state index is 0.156. The lowest BCUT2D eigenvalue weighted by atomic mass is 10.1. The number of aromatic hydroxyl groups is 1. The molecule has 0 aliphatic heterocycles. The van der Waals surface area contributed by atoms with Crippen LogP contribution in [0.25, 0.3) is 22.8 Å². The maximum absolute atomic E-state index is 12.1. The number of pyridine rings is 1. The standard InChI is InChI=1S/C19H18N4O2/c1-9-6-7-14(24)10(2)16(9)23-17(20)15(18(21)25)12-8-11-4-3-5-13(11)22-19(12)23/h3,5-8,24H,4,20H2,1-2H3,(H2,21,25). The molecule has 3 aromatic rings. The molecule has 6 nitrogen and oxygen atoms in total. The number of aromatic nitrogens is 2. The molecule has 0 spiro atoms. The number of nitrogen functional groups attached to an aromatic ring is 1. The van der Waals surface area contributed by atoms with E-state index in [2.05, 4.69) is 0 Å². The number of hydrogen-bond acceptors (Lipinski definition) is 4. The molecule has 0 saturated heterocycles. The second kappa shape index (κ2) is 5.11. The van der Waals surface area contributed by atoms with Crippen molar-refractivity contribution in [1.82, 2.24) is 9.55 Å². The predicted molar refractivity (Wildman–Crippen MR) is 97.9 cm³/mol. The number of fused-ring (bicyclic) bond motifs is 2. The van der Waals surface area contributed by atoms with Crippen LogP contribution in [0.5, 0.6) is 5.75 Å². The molecule has 0 unspecified atom stereocenters. The maximum Gasteiger partial charge on any atom is 0.253 e. The van der Waals surface area contributed by atoms with Crippen molar-refractivity contribution >= 4 is 28.8 Å². The van der Waals surface area contributed by atoms with E-state index in [9.17, 15) is 9.90 Å². The molecule has 0 atom stereocenters. The minimum atomic E-state index is -0.593. The molecule has 1 aromatic carbocycles. The molecular formula is C19H18N4O2. The van der Waals surface area contributed by atoms with Crippen LogP contribution >= 0.6 is 0 Å². The molecule has 2 heterocycles. The Hall–Kier alpha value is -3.28.